The lowest BCUT2D eigenvalue weighted by molar-refractivity contribution is -0.384. The molecule has 6 heteroatoms. The van der Waals surface area contributed by atoms with Gasteiger partial charge in [-0.1, -0.05) is 0 Å². The van der Waals surface area contributed by atoms with Crippen LogP contribution in [-0.4, -0.2) is 23.3 Å². The van der Waals surface area contributed by atoms with Gasteiger partial charge >= 0.3 is 0 Å². The Bertz CT molecular complexity index is 476. The van der Waals surface area contributed by atoms with Gasteiger partial charge in [0.2, 0.25) is 5.91 Å². The number of amides is 1. The van der Waals surface area contributed by atoms with E-state index < -0.39 is 4.92 Å². The second kappa shape index (κ2) is 4.71. The summed E-state index contributed by atoms with van der Waals surface area (Å²) >= 11 is 5.53. The SMILES string of the molecule is O=C(CCCl)N1CCc2cc([N+](=O)[O-])ccc21. The largest absolute Gasteiger partial charge is 0.312 e. The van der Waals surface area contributed by atoms with Gasteiger partial charge in [0.15, 0.2) is 0 Å². The van der Waals surface area contributed by atoms with Gasteiger partial charge in [0.1, 0.15) is 0 Å². The van der Waals surface area contributed by atoms with E-state index in [1.54, 1.807) is 11.0 Å². The van der Waals surface area contributed by atoms with Crippen molar-refractivity contribution in [1.82, 2.24) is 0 Å². The number of nitro groups is 1. The van der Waals surface area contributed by atoms with Gasteiger partial charge in [-0.05, 0) is 18.1 Å². The van der Waals surface area contributed by atoms with Crippen LogP contribution in [0.15, 0.2) is 18.2 Å². The third kappa shape index (κ3) is 2.24. The number of nitrogens with zero attached hydrogens (tertiary/aromatic N) is 2. The van der Waals surface area contributed by atoms with Crippen molar-refractivity contribution in [3.8, 4) is 0 Å². The maximum absolute atomic E-state index is 11.7. The van der Waals surface area contributed by atoms with E-state index in [1.807, 2.05) is 0 Å². The summed E-state index contributed by atoms with van der Waals surface area (Å²) in [6, 6.07) is 4.58. The molecule has 0 N–H and O–H groups in total. The molecule has 0 atom stereocenters. The minimum absolute atomic E-state index is 0.0346. The van der Waals surface area contributed by atoms with Crippen LogP contribution >= 0.6 is 11.6 Å². The lowest BCUT2D eigenvalue weighted by Crippen LogP contribution is -2.28. The predicted molar refractivity (Wildman–Crippen MR) is 64.5 cm³/mol. The summed E-state index contributed by atoms with van der Waals surface area (Å²) in [7, 11) is 0. The first-order valence-corrected chi connectivity index (χ1v) is 5.80. The zero-order valence-corrected chi connectivity index (χ0v) is 9.81. The van der Waals surface area contributed by atoms with E-state index in [9.17, 15) is 14.9 Å². The molecule has 1 aromatic carbocycles. The first kappa shape index (κ1) is 11.9. The Morgan fingerprint density at radius 2 is 2.29 bits per heavy atom. The number of carbonyl (C=O) groups excluding carboxylic acids is 1. The summed E-state index contributed by atoms with van der Waals surface area (Å²) in [6.45, 7) is 0.576. The van der Waals surface area contributed by atoms with E-state index in [0.29, 0.717) is 13.0 Å². The number of rotatable bonds is 3. The highest BCUT2D eigenvalue weighted by Gasteiger charge is 2.25. The van der Waals surface area contributed by atoms with Crippen molar-refractivity contribution in [2.24, 2.45) is 0 Å². The highest BCUT2D eigenvalue weighted by atomic mass is 35.5. The third-order valence-corrected chi connectivity index (χ3v) is 2.97. The van der Waals surface area contributed by atoms with E-state index in [2.05, 4.69) is 0 Å². The van der Waals surface area contributed by atoms with Crippen LogP contribution < -0.4 is 4.90 Å². The summed E-state index contributed by atoms with van der Waals surface area (Å²) in [5.41, 5.74) is 1.68. The molecule has 1 aliphatic heterocycles. The Hall–Kier alpha value is -1.62. The van der Waals surface area contributed by atoms with E-state index in [-0.39, 0.29) is 23.9 Å². The van der Waals surface area contributed by atoms with Gasteiger partial charge in [-0.15, -0.1) is 11.6 Å². The molecule has 0 bridgehead atoms. The summed E-state index contributed by atoms with van der Waals surface area (Å²) in [4.78, 5) is 23.6. The second-order valence-electron chi connectivity index (χ2n) is 3.80. The van der Waals surface area contributed by atoms with E-state index >= 15 is 0 Å². The number of fused-ring (bicyclic) bond motifs is 1. The fourth-order valence-corrected chi connectivity index (χ4v) is 2.14. The fourth-order valence-electron chi connectivity index (χ4n) is 1.98. The molecular weight excluding hydrogens is 244 g/mol. The molecule has 0 saturated heterocycles. The molecule has 0 unspecified atom stereocenters. The van der Waals surface area contributed by atoms with Gasteiger partial charge in [0, 0.05) is 36.7 Å². The van der Waals surface area contributed by atoms with Gasteiger partial charge in [-0.25, -0.2) is 0 Å². The average molecular weight is 255 g/mol. The normalized spacial score (nSPS) is 13.6. The first-order valence-electron chi connectivity index (χ1n) is 5.27. The molecular formula is C11H11ClN2O3. The van der Waals surface area contributed by atoms with Crippen LogP contribution in [0.4, 0.5) is 11.4 Å². The topological polar surface area (TPSA) is 63.5 Å². The van der Waals surface area contributed by atoms with Crippen molar-refractivity contribution in [3.63, 3.8) is 0 Å². The molecule has 5 nitrogen and oxygen atoms in total. The second-order valence-corrected chi connectivity index (χ2v) is 4.18. The number of nitro benzene ring substituents is 1. The number of benzene rings is 1. The lowest BCUT2D eigenvalue weighted by atomic mass is 10.1. The molecule has 1 amide bonds. The standard InChI is InChI=1S/C11H11ClN2O3/c12-5-3-11(15)13-6-4-8-7-9(14(16)17)1-2-10(8)13/h1-2,7H,3-6H2. The van der Waals surface area contributed by atoms with Gasteiger partial charge in [0.25, 0.3) is 5.69 Å². The highest BCUT2D eigenvalue weighted by molar-refractivity contribution is 6.19. The molecule has 0 spiro atoms. The molecule has 0 aliphatic carbocycles. The maximum atomic E-state index is 11.7. The molecule has 2 rings (SSSR count). The monoisotopic (exact) mass is 254 g/mol. The predicted octanol–water partition coefficient (Wildman–Crippen LogP) is 2.11. The van der Waals surface area contributed by atoms with Crippen molar-refractivity contribution < 1.29 is 9.72 Å². The van der Waals surface area contributed by atoms with Crippen LogP contribution in [0.5, 0.6) is 0 Å². The number of hydrogen-bond acceptors (Lipinski definition) is 3. The van der Waals surface area contributed by atoms with Gasteiger partial charge in [-0.3, -0.25) is 14.9 Å². The number of carbonyl (C=O) groups is 1. The van der Waals surface area contributed by atoms with Crippen molar-refractivity contribution in [3.05, 3.63) is 33.9 Å². The molecule has 0 aromatic heterocycles. The number of non-ortho nitro benzene ring substituents is 1. The van der Waals surface area contributed by atoms with E-state index in [4.69, 9.17) is 11.6 Å². The molecule has 1 aliphatic rings. The van der Waals surface area contributed by atoms with Crippen LogP contribution in [0, 0.1) is 10.1 Å². The Kier molecular flexibility index (Phi) is 3.28. The van der Waals surface area contributed by atoms with Crippen LogP contribution in [0.25, 0.3) is 0 Å². The van der Waals surface area contributed by atoms with Crippen LogP contribution in [0.3, 0.4) is 0 Å². The Balaban J connectivity index is 2.27. The Morgan fingerprint density at radius 1 is 1.53 bits per heavy atom. The first-order chi connectivity index (χ1) is 8.13. The van der Waals surface area contributed by atoms with Crippen molar-refractivity contribution in [2.45, 2.75) is 12.8 Å². The smallest absolute Gasteiger partial charge is 0.269 e. The molecule has 0 saturated carbocycles. The number of alkyl halides is 1. The van der Waals surface area contributed by atoms with Gasteiger partial charge in [0.05, 0.1) is 4.92 Å². The lowest BCUT2D eigenvalue weighted by Gasteiger charge is -2.16. The average Bonchev–Trinajstić information content (AvgIpc) is 2.71. The molecule has 0 radical (unpaired) electrons. The fraction of sp³-hybridized carbons (Fsp3) is 0.364. The number of anilines is 1. The molecule has 1 heterocycles. The summed E-state index contributed by atoms with van der Waals surface area (Å²) in [5.74, 6) is 0.255. The third-order valence-electron chi connectivity index (χ3n) is 2.78. The van der Waals surface area contributed by atoms with Crippen molar-refractivity contribution in [2.75, 3.05) is 17.3 Å². The van der Waals surface area contributed by atoms with Crippen LogP contribution in [0.2, 0.25) is 0 Å². The molecule has 0 fully saturated rings. The molecule has 1 aromatic rings. The Labute approximate surface area is 103 Å². The zero-order chi connectivity index (χ0) is 12.4. The number of hydrogen-bond donors (Lipinski definition) is 0. The quantitative estimate of drug-likeness (QED) is 0.471. The van der Waals surface area contributed by atoms with E-state index in [0.717, 1.165) is 11.3 Å². The van der Waals surface area contributed by atoms with Crippen molar-refractivity contribution >= 4 is 28.9 Å². The maximum Gasteiger partial charge on any atom is 0.269 e. The van der Waals surface area contributed by atoms with Crippen LogP contribution in [-0.2, 0) is 11.2 Å². The Morgan fingerprint density at radius 3 is 2.94 bits per heavy atom. The zero-order valence-electron chi connectivity index (χ0n) is 9.06. The summed E-state index contributed by atoms with van der Waals surface area (Å²) in [6.07, 6.45) is 0.947. The molecule has 90 valence electrons. The summed E-state index contributed by atoms with van der Waals surface area (Å²) in [5, 5.41) is 10.6. The van der Waals surface area contributed by atoms with Crippen LogP contribution in [0.1, 0.15) is 12.0 Å². The van der Waals surface area contributed by atoms with Crippen molar-refractivity contribution in [1.29, 1.82) is 0 Å². The van der Waals surface area contributed by atoms with Gasteiger partial charge in [-0.2, -0.15) is 0 Å². The van der Waals surface area contributed by atoms with E-state index in [1.165, 1.54) is 12.1 Å². The minimum Gasteiger partial charge on any atom is -0.312 e. The summed E-state index contributed by atoms with van der Waals surface area (Å²) < 4.78 is 0. The minimum atomic E-state index is -0.427. The van der Waals surface area contributed by atoms with Gasteiger partial charge < -0.3 is 4.90 Å². The highest BCUT2D eigenvalue weighted by Crippen LogP contribution is 2.31. The number of halogens is 1. The molecule has 17 heavy (non-hydrogen) atoms.